The number of allylic oxidation sites excluding steroid dienone is 1. The highest BCUT2D eigenvalue weighted by Crippen LogP contribution is 2.13. The quantitative estimate of drug-likeness (QED) is 0.389. The highest BCUT2D eigenvalue weighted by atomic mass is 35.5. The van der Waals surface area contributed by atoms with Gasteiger partial charge >= 0.3 is 0 Å². The second-order valence-electron chi connectivity index (χ2n) is 2.15. The molecule has 0 heterocycles. The van der Waals surface area contributed by atoms with Crippen LogP contribution in [-0.4, -0.2) is 12.2 Å². The van der Waals surface area contributed by atoms with Gasteiger partial charge < -0.3 is 5.41 Å². The second kappa shape index (κ2) is 3.86. The van der Waals surface area contributed by atoms with Gasteiger partial charge in [0.1, 0.15) is 0 Å². The minimum Gasteiger partial charge on any atom is -0.763 e. The molecule has 1 aromatic carbocycles. The molecule has 0 amide bonds. The third kappa shape index (κ3) is 1.82. The van der Waals surface area contributed by atoms with Crippen LogP contribution in [0.4, 0.5) is 0 Å². The van der Waals surface area contributed by atoms with Crippen LogP contribution in [0.5, 0.6) is 0 Å². The minimum atomic E-state index is 0.117. The molecule has 0 saturated carbocycles. The summed E-state index contributed by atoms with van der Waals surface area (Å²) in [4.78, 5) is 10.3. The van der Waals surface area contributed by atoms with Crippen molar-refractivity contribution < 1.29 is 4.79 Å². The summed E-state index contributed by atoms with van der Waals surface area (Å²) in [5, 5.41) is 9.08. The van der Waals surface area contributed by atoms with E-state index in [1.807, 2.05) is 0 Å². The molecule has 0 saturated heterocycles. The molecule has 12 heavy (non-hydrogen) atoms. The lowest BCUT2D eigenvalue weighted by Crippen LogP contribution is -1.84. The third-order valence-corrected chi connectivity index (χ3v) is 1.65. The molecule has 3 heteroatoms. The molecular weight excluding hydrogens is 174 g/mol. The molecule has 0 aromatic heterocycles. The fourth-order valence-electron chi connectivity index (χ4n) is 0.788. The van der Waals surface area contributed by atoms with Gasteiger partial charge in [-0.2, -0.15) is 0 Å². The fourth-order valence-corrected chi connectivity index (χ4v) is 0.914. The van der Waals surface area contributed by atoms with E-state index in [0.29, 0.717) is 16.9 Å². The van der Waals surface area contributed by atoms with Crippen LogP contribution in [-0.2, 0) is 4.79 Å². The molecule has 0 aliphatic rings. The Morgan fingerprint density at radius 2 is 2.00 bits per heavy atom. The summed E-state index contributed by atoms with van der Waals surface area (Å²) in [6, 6.07) is 6.54. The first-order valence-corrected chi connectivity index (χ1v) is 3.64. The van der Waals surface area contributed by atoms with Gasteiger partial charge in [0.2, 0.25) is 0 Å². The Kier molecular flexibility index (Phi) is 2.81. The van der Waals surface area contributed by atoms with Gasteiger partial charge in [0, 0.05) is 10.6 Å². The Bertz CT molecular complexity index is 336. The number of hydrogen-bond donors (Lipinski definition) is 0. The molecule has 60 valence electrons. The van der Waals surface area contributed by atoms with E-state index in [2.05, 4.69) is 0 Å². The molecule has 0 spiro atoms. The molecule has 1 aromatic rings. The zero-order valence-electron chi connectivity index (χ0n) is 6.12. The van der Waals surface area contributed by atoms with E-state index < -0.39 is 0 Å². The molecule has 0 radical (unpaired) electrons. The highest BCUT2D eigenvalue weighted by Gasteiger charge is 1.95. The maximum absolute atomic E-state index is 10.3. The van der Waals surface area contributed by atoms with Gasteiger partial charge in [-0.15, -0.1) is 0 Å². The van der Waals surface area contributed by atoms with Crippen LogP contribution in [0, 0.1) is 0 Å². The Hall–Kier alpha value is -1.37. The summed E-state index contributed by atoms with van der Waals surface area (Å²) in [5.41, 5.74) is 0.712. The number of nitrogens with zero attached hydrogens (tertiary/aromatic N) is 1. The maximum atomic E-state index is 10.3. The first-order valence-electron chi connectivity index (χ1n) is 3.26. The average Bonchev–Trinajstić information content (AvgIpc) is 2.10. The summed E-state index contributed by atoms with van der Waals surface area (Å²) >= 11 is 5.62. The van der Waals surface area contributed by atoms with Crippen molar-refractivity contribution in [1.29, 1.82) is 0 Å². The molecule has 0 atom stereocenters. The van der Waals surface area contributed by atoms with E-state index in [4.69, 9.17) is 17.0 Å². The van der Waals surface area contributed by atoms with Crippen molar-refractivity contribution in [3.8, 4) is 0 Å². The lowest BCUT2D eigenvalue weighted by atomic mass is 10.1. The number of halogens is 1. The van der Waals surface area contributed by atoms with Gasteiger partial charge in [-0.1, -0.05) is 23.7 Å². The lowest BCUT2D eigenvalue weighted by Gasteiger charge is -1.97. The normalized spacial score (nSPS) is 8.75. The predicted octanol–water partition coefficient (Wildman–Crippen LogP) is 2.16. The van der Waals surface area contributed by atoms with Crippen molar-refractivity contribution in [2.75, 3.05) is 0 Å². The molecule has 0 unspecified atom stereocenters. The lowest BCUT2D eigenvalue weighted by molar-refractivity contribution is -0.103. The number of carbonyl (C=O) groups excluding carboxylic acids is 1. The molecule has 2 nitrogen and oxygen atoms in total. The summed E-state index contributed by atoms with van der Waals surface area (Å²) in [7, 11) is 0. The van der Waals surface area contributed by atoms with Crippen LogP contribution in [0.15, 0.2) is 24.3 Å². The Labute approximate surface area is 75.0 Å². The van der Waals surface area contributed by atoms with Crippen LogP contribution in [0.25, 0.3) is 11.0 Å². The van der Waals surface area contributed by atoms with Gasteiger partial charge in [-0.3, -0.25) is 10.7 Å². The summed E-state index contributed by atoms with van der Waals surface area (Å²) in [6.07, 6.45) is 0.531. The second-order valence-corrected chi connectivity index (χ2v) is 2.59. The smallest absolute Gasteiger partial charge is 0.156 e. The van der Waals surface area contributed by atoms with E-state index in [1.54, 1.807) is 30.1 Å². The molecule has 0 fully saturated rings. The Morgan fingerprint density at radius 1 is 1.42 bits per heavy atom. The maximum Gasteiger partial charge on any atom is 0.156 e. The zero-order chi connectivity index (χ0) is 8.97. The van der Waals surface area contributed by atoms with Gasteiger partial charge in [0.25, 0.3) is 0 Å². The molecule has 0 bridgehead atoms. The standard InChI is InChI=1S/C9H5ClNO/c10-9-3-1-7(2-4-9)8(5-11)6-12/h1-4,6H/q-1. The van der Waals surface area contributed by atoms with Crippen LogP contribution in [0.1, 0.15) is 5.56 Å². The number of carbonyl (C=O) groups is 1. The zero-order valence-corrected chi connectivity index (χ0v) is 6.88. The van der Waals surface area contributed by atoms with Crippen molar-refractivity contribution in [2.45, 2.75) is 0 Å². The minimum absolute atomic E-state index is 0.117. The summed E-state index contributed by atoms with van der Waals surface area (Å²) in [5.74, 6) is 1.79. The molecule has 0 N–H and O–H groups in total. The van der Waals surface area contributed by atoms with E-state index in [9.17, 15) is 4.79 Å². The van der Waals surface area contributed by atoms with E-state index in [-0.39, 0.29) is 5.57 Å². The van der Waals surface area contributed by atoms with Gasteiger partial charge in [-0.25, -0.2) is 0 Å². The van der Waals surface area contributed by atoms with Crippen molar-refractivity contribution >= 4 is 29.3 Å². The average molecular weight is 179 g/mol. The number of hydrogen-bond acceptors (Lipinski definition) is 1. The molecule has 0 aliphatic heterocycles. The third-order valence-electron chi connectivity index (χ3n) is 1.39. The van der Waals surface area contributed by atoms with Crippen molar-refractivity contribution in [3.63, 3.8) is 0 Å². The van der Waals surface area contributed by atoms with Crippen LogP contribution in [0.3, 0.4) is 0 Å². The largest absolute Gasteiger partial charge is 0.763 e. The van der Waals surface area contributed by atoms with E-state index >= 15 is 0 Å². The number of aldehydes is 1. The number of rotatable bonds is 2. The van der Waals surface area contributed by atoms with Gasteiger partial charge in [0.15, 0.2) is 6.29 Å². The summed E-state index contributed by atoms with van der Waals surface area (Å²) in [6.45, 7) is 0. The van der Waals surface area contributed by atoms with Crippen molar-refractivity contribution in [2.24, 2.45) is 0 Å². The van der Waals surface area contributed by atoms with Crippen LogP contribution in [0.2, 0.25) is 5.02 Å². The van der Waals surface area contributed by atoms with E-state index in [0.717, 1.165) is 0 Å². The van der Waals surface area contributed by atoms with Gasteiger partial charge in [0.05, 0.1) is 0 Å². The van der Waals surface area contributed by atoms with Crippen LogP contribution < -0.4 is 0 Å². The topological polar surface area (TPSA) is 39.4 Å². The molecule has 1 rings (SSSR count). The SMILES string of the molecule is [N-]=C=C(C=O)c1ccc(Cl)cc1. The summed E-state index contributed by atoms with van der Waals surface area (Å²) < 4.78 is 0. The Morgan fingerprint density at radius 3 is 2.42 bits per heavy atom. The molecular formula is C9H5ClNO-. The molecule has 0 aliphatic carbocycles. The highest BCUT2D eigenvalue weighted by molar-refractivity contribution is 6.30. The van der Waals surface area contributed by atoms with Crippen LogP contribution >= 0.6 is 11.6 Å². The first kappa shape index (κ1) is 8.72. The van der Waals surface area contributed by atoms with Crippen molar-refractivity contribution in [3.05, 3.63) is 40.3 Å². The first-order chi connectivity index (χ1) is 5.77. The predicted molar refractivity (Wildman–Crippen MR) is 49.3 cm³/mol. The fraction of sp³-hybridized carbons (Fsp3) is 0. The number of benzene rings is 1. The Balaban J connectivity index is 3.12. The van der Waals surface area contributed by atoms with E-state index in [1.165, 1.54) is 0 Å². The van der Waals surface area contributed by atoms with Crippen molar-refractivity contribution in [1.82, 2.24) is 0 Å². The monoisotopic (exact) mass is 178 g/mol. The van der Waals surface area contributed by atoms with Gasteiger partial charge in [-0.05, 0) is 17.7 Å².